The van der Waals surface area contributed by atoms with Gasteiger partial charge in [0.05, 0.1) is 32.0 Å². The van der Waals surface area contributed by atoms with Crippen LogP contribution in [-0.4, -0.2) is 57.0 Å². The van der Waals surface area contributed by atoms with E-state index < -0.39 is 14.4 Å². The second kappa shape index (κ2) is 12.1. The van der Waals surface area contributed by atoms with Crippen LogP contribution in [0.4, 0.5) is 0 Å². The summed E-state index contributed by atoms with van der Waals surface area (Å²) in [6.45, 7) is 13.8. The number of carbonyl (C=O) groups is 1. The van der Waals surface area contributed by atoms with Gasteiger partial charge in [-0.3, -0.25) is 0 Å². The quantitative estimate of drug-likeness (QED) is 0.199. The zero-order valence-electron chi connectivity index (χ0n) is 20.4. The van der Waals surface area contributed by atoms with Crippen LogP contribution in [-0.2, 0) is 30.0 Å². The van der Waals surface area contributed by atoms with Crippen molar-refractivity contribution in [2.45, 2.75) is 89.7 Å². The van der Waals surface area contributed by atoms with E-state index in [2.05, 4.69) is 33.9 Å². The van der Waals surface area contributed by atoms with Crippen LogP contribution >= 0.6 is 0 Å². The van der Waals surface area contributed by atoms with Crippen LogP contribution in [0.25, 0.3) is 0 Å². The van der Waals surface area contributed by atoms with E-state index in [9.17, 15) is 9.90 Å². The van der Waals surface area contributed by atoms with Gasteiger partial charge in [0, 0.05) is 6.08 Å². The number of epoxide rings is 1. The maximum absolute atomic E-state index is 11.8. The summed E-state index contributed by atoms with van der Waals surface area (Å²) in [6, 6.07) is 9.89. The number of esters is 1. The van der Waals surface area contributed by atoms with Crippen molar-refractivity contribution in [3.8, 4) is 0 Å². The Labute approximate surface area is 194 Å². The van der Waals surface area contributed by atoms with Crippen molar-refractivity contribution in [3.63, 3.8) is 0 Å². The maximum Gasteiger partial charge on any atom is 0.330 e. The molecule has 0 amide bonds. The molecule has 0 bridgehead atoms. The van der Waals surface area contributed by atoms with E-state index in [4.69, 9.17) is 18.6 Å². The first-order valence-corrected chi connectivity index (χ1v) is 14.4. The molecule has 32 heavy (non-hydrogen) atoms. The number of hydrogen-bond donors (Lipinski definition) is 1. The zero-order valence-corrected chi connectivity index (χ0v) is 21.4. The Morgan fingerprint density at radius 3 is 2.56 bits per heavy atom. The lowest BCUT2D eigenvalue weighted by Crippen LogP contribution is -2.43. The summed E-state index contributed by atoms with van der Waals surface area (Å²) in [5.74, 6) is -0.358. The minimum atomic E-state index is -2.01. The van der Waals surface area contributed by atoms with Gasteiger partial charge in [0.15, 0.2) is 8.32 Å². The van der Waals surface area contributed by atoms with Crippen LogP contribution in [0.3, 0.4) is 0 Å². The van der Waals surface area contributed by atoms with Gasteiger partial charge < -0.3 is 23.7 Å². The summed E-state index contributed by atoms with van der Waals surface area (Å²) in [4.78, 5) is 11.8. The lowest BCUT2D eigenvalue weighted by Gasteiger charge is -2.38. The lowest BCUT2D eigenvalue weighted by molar-refractivity contribution is -0.137. The fraction of sp³-hybridized carbons (Fsp3) is 0.640. The van der Waals surface area contributed by atoms with E-state index in [0.717, 1.165) is 12.0 Å². The fourth-order valence-corrected chi connectivity index (χ4v) is 4.46. The van der Waals surface area contributed by atoms with E-state index in [1.165, 1.54) is 6.08 Å². The van der Waals surface area contributed by atoms with Crippen molar-refractivity contribution < 1.29 is 28.5 Å². The predicted molar refractivity (Wildman–Crippen MR) is 128 cm³/mol. The van der Waals surface area contributed by atoms with Gasteiger partial charge in [0.1, 0.15) is 12.2 Å². The van der Waals surface area contributed by atoms with Crippen molar-refractivity contribution in [3.05, 3.63) is 48.0 Å². The summed E-state index contributed by atoms with van der Waals surface area (Å²) in [5, 5.41) is 10.4. The fourth-order valence-electron chi connectivity index (χ4n) is 3.15. The number of hydrogen-bond acceptors (Lipinski definition) is 6. The summed E-state index contributed by atoms with van der Waals surface area (Å²) in [6.07, 6.45) is 3.62. The number of ether oxygens (including phenoxy) is 3. The van der Waals surface area contributed by atoms with Crippen LogP contribution in [0.2, 0.25) is 18.1 Å². The molecule has 1 N–H and O–H groups in total. The molecule has 1 aromatic rings. The molecule has 0 aromatic heterocycles. The minimum Gasteiger partial charge on any atom is -0.463 e. The summed E-state index contributed by atoms with van der Waals surface area (Å²) >= 11 is 0. The maximum atomic E-state index is 11.8. The summed E-state index contributed by atoms with van der Waals surface area (Å²) in [7, 11) is -2.01. The second-order valence-electron chi connectivity index (χ2n) is 9.81. The van der Waals surface area contributed by atoms with Crippen LogP contribution in [0.1, 0.15) is 46.1 Å². The Morgan fingerprint density at radius 1 is 1.25 bits per heavy atom. The average molecular weight is 465 g/mol. The first-order chi connectivity index (χ1) is 15.0. The van der Waals surface area contributed by atoms with E-state index in [-0.39, 0.29) is 35.9 Å². The van der Waals surface area contributed by atoms with Crippen molar-refractivity contribution in [1.29, 1.82) is 0 Å². The van der Waals surface area contributed by atoms with E-state index in [1.54, 1.807) is 13.0 Å². The molecule has 2 rings (SSSR count). The smallest absolute Gasteiger partial charge is 0.330 e. The van der Waals surface area contributed by atoms with Gasteiger partial charge in [-0.1, -0.05) is 51.1 Å². The third-order valence-corrected chi connectivity index (χ3v) is 10.6. The highest BCUT2D eigenvalue weighted by atomic mass is 28.4. The third-order valence-electron chi connectivity index (χ3n) is 6.12. The van der Waals surface area contributed by atoms with Crippen LogP contribution < -0.4 is 0 Å². The Hall–Kier alpha value is -1.51. The van der Waals surface area contributed by atoms with Crippen molar-refractivity contribution >= 4 is 14.3 Å². The third kappa shape index (κ3) is 8.79. The highest BCUT2D eigenvalue weighted by Crippen LogP contribution is 2.38. The monoisotopic (exact) mass is 464 g/mol. The molecule has 4 atom stereocenters. The highest BCUT2D eigenvalue weighted by molar-refractivity contribution is 6.74. The summed E-state index contributed by atoms with van der Waals surface area (Å²) in [5.41, 5.74) is 1.08. The van der Waals surface area contributed by atoms with Gasteiger partial charge in [0.25, 0.3) is 0 Å². The van der Waals surface area contributed by atoms with Gasteiger partial charge in [-0.05, 0) is 49.5 Å². The molecular formula is C25H40O6Si. The predicted octanol–water partition coefficient (Wildman–Crippen LogP) is 4.62. The largest absolute Gasteiger partial charge is 0.463 e. The van der Waals surface area contributed by atoms with Crippen molar-refractivity contribution in [1.82, 2.24) is 0 Å². The Kier molecular flexibility index (Phi) is 10.1. The highest BCUT2D eigenvalue weighted by Gasteiger charge is 2.45. The molecule has 0 radical (unpaired) electrons. The SMILES string of the molecule is CCOC(=O)/C=C/[C@H](CC[C@@H]1O[C@H]1[C@@H](O)COCc1ccccc1)O[Si](C)(C)C(C)(C)C. The number of carbonyl (C=O) groups excluding carboxylic acids is 1. The average Bonchev–Trinajstić information content (AvgIpc) is 3.50. The molecule has 1 aliphatic rings. The summed E-state index contributed by atoms with van der Waals surface area (Å²) < 4.78 is 22.9. The Bertz CT molecular complexity index is 728. The molecule has 0 unspecified atom stereocenters. The number of aliphatic hydroxyl groups is 1. The van der Waals surface area contributed by atoms with Gasteiger partial charge in [0.2, 0.25) is 0 Å². The first-order valence-electron chi connectivity index (χ1n) is 11.5. The number of benzene rings is 1. The van der Waals surface area contributed by atoms with Gasteiger partial charge >= 0.3 is 5.97 Å². The molecule has 0 saturated carbocycles. The molecule has 1 aliphatic heterocycles. The van der Waals surface area contributed by atoms with Crippen LogP contribution in [0, 0.1) is 0 Å². The van der Waals surface area contributed by atoms with Crippen LogP contribution in [0.15, 0.2) is 42.5 Å². The van der Waals surface area contributed by atoms with Gasteiger partial charge in [-0.25, -0.2) is 4.79 Å². The van der Waals surface area contributed by atoms with E-state index >= 15 is 0 Å². The van der Waals surface area contributed by atoms with Gasteiger partial charge in [-0.15, -0.1) is 0 Å². The molecule has 0 spiro atoms. The first kappa shape index (κ1) is 26.7. The lowest BCUT2D eigenvalue weighted by atomic mass is 10.1. The molecule has 1 aromatic carbocycles. The molecule has 1 fully saturated rings. The standard InChI is InChI=1S/C25H40O6Si/c1-7-29-23(27)16-14-20(31-32(5,6)25(2,3)4)13-15-22-24(30-22)21(26)18-28-17-19-11-9-8-10-12-19/h8-12,14,16,20-22,24,26H,7,13,15,17-18H2,1-6H3/b16-14+/t20-,21-,22-,24-/m0/s1. The Balaban J connectivity index is 1.82. The number of aliphatic hydroxyl groups excluding tert-OH is 1. The topological polar surface area (TPSA) is 77.5 Å². The van der Waals surface area contributed by atoms with E-state index in [0.29, 0.717) is 19.6 Å². The van der Waals surface area contributed by atoms with Crippen molar-refractivity contribution in [2.24, 2.45) is 0 Å². The van der Waals surface area contributed by atoms with E-state index in [1.807, 2.05) is 30.3 Å². The Morgan fingerprint density at radius 2 is 1.94 bits per heavy atom. The molecular weight excluding hydrogens is 424 g/mol. The van der Waals surface area contributed by atoms with Gasteiger partial charge in [-0.2, -0.15) is 0 Å². The molecule has 180 valence electrons. The zero-order chi connectivity index (χ0) is 23.8. The molecule has 1 saturated heterocycles. The molecule has 0 aliphatic carbocycles. The normalized spacial score (nSPS) is 20.8. The second-order valence-corrected chi connectivity index (χ2v) is 14.6. The molecule has 7 heteroatoms. The number of rotatable bonds is 13. The molecule has 6 nitrogen and oxygen atoms in total. The van der Waals surface area contributed by atoms with Crippen molar-refractivity contribution in [2.75, 3.05) is 13.2 Å². The van der Waals surface area contributed by atoms with Crippen LogP contribution in [0.5, 0.6) is 0 Å². The molecule has 1 heterocycles. The minimum absolute atomic E-state index is 0.0214.